The summed E-state index contributed by atoms with van der Waals surface area (Å²) in [7, 11) is 0. The van der Waals surface area contributed by atoms with Gasteiger partial charge in [-0.05, 0) is 19.4 Å². The molecule has 6 nitrogen and oxygen atoms in total. The van der Waals surface area contributed by atoms with Gasteiger partial charge in [-0.3, -0.25) is 10.1 Å². The molecular formula is C11H17N3O3. The van der Waals surface area contributed by atoms with Gasteiger partial charge in [0, 0.05) is 6.07 Å². The Hall–Kier alpha value is -1.69. The summed E-state index contributed by atoms with van der Waals surface area (Å²) >= 11 is 0. The largest absolute Gasteiger partial charge is 0.394 e. The quantitative estimate of drug-likeness (QED) is 0.584. The molecule has 94 valence electrons. The lowest BCUT2D eigenvalue weighted by molar-refractivity contribution is -0.385. The van der Waals surface area contributed by atoms with Crippen molar-refractivity contribution in [2.45, 2.75) is 32.7 Å². The summed E-state index contributed by atoms with van der Waals surface area (Å²) < 4.78 is 0. The molecule has 0 aliphatic heterocycles. The number of nitrogens with zero attached hydrogens (tertiary/aromatic N) is 2. The number of aryl methyl sites for hydroxylation is 1. The molecule has 0 aromatic carbocycles. The normalized spacial score (nSPS) is 12.2. The van der Waals surface area contributed by atoms with Crippen LogP contribution < -0.4 is 5.32 Å². The van der Waals surface area contributed by atoms with Crippen LogP contribution in [0.2, 0.25) is 0 Å². The lowest BCUT2D eigenvalue weighted by Gasteiger charge is -2.16. The third kappa shape index (κ3) is 3.67. The fraction of sp³-hybridized carbons (Fsp3) is 0.545. The molecule has 0 amide bonds. The smallest absolute Gasteiger partial charge is 0.290 e. The molecule has 1 aromatic heterocycles. The van der Waals surface area contributed by atoms with Crippen molar-refractivity contribution in [2.75, 3.05) is 11.9 Å². The fourth-order valence-corrected chi connectivity index (χ4v) is 1.59. The van der Waals surface area contributed by atoms with Crippen molar-refractivity contribution in [1.29, 1.82) is 0 Å². The van der Waals surface area contributed by atoms with Gasteiger partial charge in [0.05, 0.1) is 17.6 Å². The predicted octanol–water partition coefficient (Wildman–Crippen LogP) is 1.87. The predicted molar refractivity (Wildman–Crippen MR) is 65.0 cm³/mol. The van der Waals surface area contributed by atoms with Gasteiger partial charge in [-0.1, -0.05) is 13.3 Å². The highest BCUT2D eigenvalue weighted by atomic mass is 16.6. The number of rotatable bonds is 6. The Morgan fingerprint density at radius 1 is 1.59 bits per heavy atom. The van der Waals surface area contributed by atoms with E-state index in [1.54, 1.807) is 13.0 Å². The second-order valence-corrected chi connectivity index (χ2v) is 3.87. The third-order valence-electron chi connectivity index (χ3n) is 2.46. The first-order valence-electron chi connectivity index (χ1n) is 5.58. The van der Waals surface area contributed by atoms with Crippen molar-refractivity contribution in [3.63, 3.8) is 0 Å². The molecule has 0 aliphatic rings. The van der Waals surface area contributed by atoms with Crippen molar-refractivity contribution in [3.8, 4) is 0 Å². The first-order valence-corrected chi connectivity index (χ1v) is 5.58. The summed E-state index contributed by atoms with van der Waals surface area (Å²) in [6, 6.07) is 2.92. The fourth-order valence-electron chi connectivity index (χ4n) is 1.59. The van der Waals surface area contributed by atoms with Gasteiger partial charge in [0.15, 0.2) is 0 Å². The molecule has 0 spiro atoms. The zero-order chi connectivity index (χ0) is 12.8. The number of nitro groups is 1. The molecular weight excluding hydrogens is 222 g/mol. The maximum absolute atomic E-state index is 10.6. The van der Waals surface area contributed by atoms with E-state index in [0.717, 1.165) is 12.8 Å². The Balaban J connectivity index is 2.79. The minimum absolute atomic E-state index is 0.00610. The average Bonchev–Trinajstić information content (AvgIpc) is 2.28. The van der Waals surface area contributed by atoms with Crippen LogP contribution in [0.3, 0.4) is 0 Å². The van der Waals surface area contributed by atoms with Gasteiger partial charge >= 0.3 is 0 Å². The molecule has 0 aliphatic carbocycles. The van der Waals surface area contributed by atoms with Crippen LogP contribution >= 0.6 is 0 Å². The summed E-state index contributed by atoms with van der Waals surface area (Å²) in [4.78, 5) is 14.3. The number of aliphatic hydroxyl groups is 1. The second kappa shape index (κ2) is 6.15. The van der Waals surface area contributed by atoms with Crippen LogP contribution in [-0.4, -0.2) is 27.7 Å². The van der Waals surface area contributed by atoms with Gasteiger partial charge in [-0.15, -0.1) is 0 Å². The molecule has 1 rings (SSSR count). The van der Waals surface area contributed by atoms with E-state index in [4.69, 9.17) is 5.11 Å². The van der Waals surface area contributed by atoms with E-state index in [1.165, 1.54) is 6.07 Å². The number of pyridine rings is 1. The van der Waals surface area contributed by atoms with Gasteiger partial charge in [-0.2, -0.15) is 0 Å². The number of hydrogen-bond donors (Lipinski definition) is 2. The van der Waals surface area contributed by atoms with Crippen LogP contribution in [0.1, 0.15) is 25.5 Å². The Bertz CT molecular complexity index is 396. The first-order chi connectivity index (χ1) is 8.08. The monoisotopic (exact) mass is 239 g/mol. The Labute approximate surface area is 99.8 Å². The van der Waals surface area contributed by atoms with E-state index in [9.17, 15) is 10.1 Å². The number of aliphatic hydroxyl groups excluding tert-OH is 1. The van der Waals surface area contributed by atoms with Crippen molar-refractivity contribution in [3.05, 3.63) is 27.9 Å². The molecule has 0 unspecified atom stereocenters. The number of nitrogens with one attached hydrogen (secondary N) is 1. The van der Waals surface area contributed by atoms with Crippen molar-refractivity contribution < 1.29 is 10.0 Å². The van der Waals surface area contributed by atoms with Crippen LogP contribution in [-0.2, 0) is 0 Å². The lowest BCUT2D eigenvalue weighted by Crippen LogP contribution is -2.24. The zero-order valence-electron chi connectivity index (χ0n) is 10.0. The third-order valence-corrected chi connectivity index (χ3v) is 2.46. The molecule has 17 heavy (non-hydrogen) atoms. The molecule has 1 heterocycles. The topological polar surface area (TPSA) is 88.3 Å². The van der Waals surface area contributed by atoms with Crippen molar-refractivity contribution in [1.82, 2.24) is 4.98 Å². The molecule has 1 aromatic rings. The minimum Gasteiger partial charge on any atom is -0.394 e. The SMILES string of the molecule is CCC[C@@H](CO)Nc1ccc([N+](=O)[O-])c(C)n1. The number of aromatic nitrogens is 1. The van der Waals surface area contributed by atoms with Crippen LogP contribution in [0.4, 0.5) is 11.5 Å². The van der Waals surface area contributed by atoms with Crippen LogP contribution in [0.25, 0.3) is 0 Å². The van der Waals surface area contributed by atoms with E-state index in [-0.39, 0.29) is 18.3 Å². The Morgan fingerprint density at radius 2 is 2.29 bits per heavy atom. The molecule has 6 heteroatoms. The second-order valence-electron chi connectivity index (χ2n) is 3.87. The highest BCUT2D eigenvalue weighted by molar-refractivity contribution is 5.45. The molecule has 1 atom stereocenters. The average molecular weight is 239 g/mol. The highest BCUT2D eigenvalue weighted by Gasteiger charge is 2.13. The molecule has 0 radical (unpaired) electrons. The maximum Gasteiger partial charge on any atom is 0.290 e. The number of hydrogen-bond acceptors (Lipinski definition) is 5. The Kier molecular flexibility index (Phi) is 4.84. The lowest BCUT2D eigenvalue weighted by atomic mass is 10.2. The van der Waals surface area contributed by atoms with Gasteiger partial charge in [0.2, 0.25) is 0 Å². The van der Waals surface area contributed by atoms with Gasteiger partial charge in [-0.25, -0.2) is 4.98 Å². The molecule has 0 fully saturated rings. The Morgan fingerprint density at radius 3 is 2.76 bits per heavy atom. The van der Waals surface area contributed by atoms with Crippen molar-refractivity contribution >= 4 is 11.5 Å². The maximum atomic E-state index is 10.6. The minimum atomic E-state index is -0.457. The summed E-state index contributed by atoms with van der Waals surface area (Å²) in [5, 5.41) is 22.8. The van der Waals surface area contributed by atoms with Crippen LogP contribution in [0.5, 0.6) is 0 Å². The number of anilines is 1. The zero-order valence-corrected chi connectivity index (χ0v) is 10.0. The molecule has 0 saturated carbocycles. The van der Waals surface area contributed by atoms with Gasteiger partial charge in [0.1, 0.15) is 11.5 Å². The highest BCUT2D eigenvalue weighted by Crippen LogP contribution is 2.18. The summed E-state index contributed by atoms with van der Waals surface area (Å²) in [5.74, 6) is 0.556. The molecule has 0 bridgehead atoms. The standard InChI is InChI=1S/C11H17N3O3/c1-3-4-9(7-15)13-11-6-5-10(14(16)17)8(2)12-11/h5-6,9,15H,3-4,7H2,1-2H3,(H,12,13)/t9-/m0/s1. The molecule has 2 N–H and O–H groups in total. The van der Waals surface area contributed by atoms with Crippen LogP contribution in [0, 0.1) is 17.0 Å². The van der Waals surface area contributed by atoms with Gasteiger partial charge < -0.3 is 10.4 Å². The summed E-state index contributed by atoms with van der Waals surface area (Å²) in [6.07, 6.45) is 1.78. The van der Waals surface area contributed by atoms with E-state index in [2.05, 4.69) is 10.3 Å². The first kappa shape index (κ1) is 13.4. The van der Waals surface area contributed by atoms with E-state index >= 15 is 0 Å². The van der Waals surface area contributed by atoms with Crippen molar-refractivity contribution in [2.24, 2.45) is 0 Å². The van der Waals surface area contributed by atoms with Crippen LogP contribution in [0.15, 0.2) is 12.1 Å². The summed E-state index contributed by atoms with van der Waals surface area (Å²) in [6.45, 7) is 3.64. The van der Waals surface area contributed by atoms with E-state index in [0.29, 0.717) is 11.5 Å². The van der Waals surface area contributed by atoms with E-state index < -0.39 is 4.92 Å². The molecule has 0 saturated heterocycles. The van der Waals surface area contributed by atoms with E-state index in [1.807, 2.05) is 6.92 Å². The summed E-state index contributed by atoms with van der Waals surface area (Å²) in [5.41, 5.74) is 0.375. The van der Waals surface area contributed by atoms with Gasteiger partial charge in [0.25, 0.3) is 5.69 Å².